The molecule has 0 aliphatic carbocycles. The van der Waals surface area contributed by atoms with Crippen molar-refractivity contribution in [1.82, 2.24) is 24.9 Å². The summed E-state index contributed by atoms with van der Waals surface area (Å²) in [7, 11) is 4.49. The fourth-order valence-electron chi connectivity index (χ4n) is 4.86. The molecule has 230 valence electrons. The number of carbonyl (C=O) groups is 2. The molecule has 43 heavy (non-hydrogen) atoms. The molecule has 3 aromatic rings. The van der Waals surface area contributed by atoms with Gasteiger partial charge in [0, 0.05) is 49.7 Å². The van der Waals surface area contributed by atoms with Gasteiger partial charge in [-0.05, 0) is 25.1 Å². The van der Waals surface area contributed by atoms with Gasteiger partial charge in [-0.3, -0.25) is 14.0 Å². The summed E-state index contributed by atoms with van der Waals surface area (Å²) in [5, 5.41) is 7.61. The summed E-state index contributed by atoms with van der Waals surface area (Å²) in [6.07, 6.45) is 0.975. The number of benzene rings is 1. The Bertz CT molecular complexity index is 1570. The fraction of sp³-hybridized carbons (Fsp3) is 0.393. The molecule has 0 radical (unpaired) electrons. The highest BCUT2D eigenvalue weighted by molar-refractivity contribution is 8.00. The molecule has 3 N–H and O–H groups in total. The molecule has 0 unspecified atom stereocenters. The molecule has 3 heterocycles. The quantitative estimate of drug-likeness (QED) is 0.208. The molecule has 0 spiro atoms. The normalized spacial score (nSPS) is 19.0. The third kappa shape index (κ3) is 7.49. The van der Waals surface area contributed by atoms with E-state index in [2.05, 4.69) is 32.8 Å². The number of hydrogen-bond acceptors (Lipinski definition) is 7. The minimum atomic E-state index is -4.61. The average molecular weight is 625 g/mol. The molecule has 0 bridgehead atoms. The van der Waals surface area contributed by atoms with Crippen LogP contribution in [-0.2, 0) is 0 Å². The highest BCUT2D eigenvalue weighted by Crippen LogP contribution is 2.37. The molecule has 9 nitrogen and oxygen atoms in total. The standard InChI is InChI=1S/C28H29F5N6O3S/c1-15-12-38(3)14-20(30)24(15)37-27(41)18-8-16(13-39-23(11-36-25(18)39)43-28(31,32)33)6-5-7-35-21-10-19(29)17(26(40)34-2)9-22(21)42-4/h8-11,13,15,20,24,35H,7,12,14H2,1-4H3,(H,34,40)(H,37,41)/t15-,20-,24+/m0/s1. The Labute approximate surface area is 248 Å². The molecular formula is C28H29F5N6O3S. The maximum Gasteiger partial charge on any atom is 0.447 e. The topological polar surface area (TPSA) is 100 Å². The van der Waals surface area contributed by atoms with Crippen LogP contribution < -0.4 is 20.7 Å². The maximum atomic E-state index is 14.8. The molecule has 4 rings (SSSR count). The number of nitrogens with one attached hydrogen (secondary N) is 3. The van der Waals surface area contributed by atoms with Gasteiger partial charge in [0.05, 0.1) is 42.7 Å². The number of methoxy groups -OCH3 is 1. The zero-order valence-corrected chi connectivity index (χ0v) is 24.4. The number of likely N-dealkylation sites (tertiary alicyclic amines) is 1. The van der Waals surface area contributed by atoms with Crippen molar-refractivity contribution >= 4 is 34.9 Å². The summed E-state index contributed by atoms with van der Waals surface area (Å²) in [6.45, 7) is 2.43. The van der Waals surface area contributed by atoms with Crippen LogP contribution in [0.25, 0.3) is 5.65 Å². The highest BCUT2D eigenvalue weighted by atomic mass is 32.2. The lowest BCUT2D eigenvalue weighted by Crippen LogP contribution is -2.56. The number of alkyl halides is 4. The summed E-state index contributed by atoms with van der Waals surface area (Å²) in [6, 6.07) is 2.88. The van der Waals surface area contributed by atoms with Crippen molar-refractivity contribution in [3.63, 3.8) is 0 Å². The Hall–Kier alpha value is -4.03. The monoisotopic (exact) mass is 624 g/mol. The second kappa shape index (κ2) is 13.1. The lowest BCUT2D eigenvalue weighted by atomic mass is 9.92. The second-order valence-electron chi connectivity index (χ2n) is 9.96. The summed E-state index contributed by atoms with van der Waals surface area (Å²) < 4.78 is 75.3. The first-order chi connectivity index (χ1) is 20.3. The second-order valence-corrected chi connectivity index (χ2v) is 11.0. The van der Waals surface area contributed by atoms with Crippen molar-refractivity contribution in [3.8, 4) is 17.6 Å². The van der Waals surface area contributed by atoms with E-state index in [0.29, 0.717) is 6.54 Å². The number of nitrogens with zero attached hydrogens (tertiary/aromatic N) is 3. The molecule has 3 atom stereocenters. The summed E-state index contributed by atoms with van der Waals surface area (Å²) >= 11 is -0.397. The summed E-state index contributed by atoms with van der Waals surface area (Å²) in [4.78, 5) is 31.1. The molecule has 2 amide bonds. The van der Waals surface area contributed by atoms with E-state index in [-0.39, 0.29) is 57.8 Å². The van der Waals surface area contributed by atoms with Gasteiger partial charge in [0.2, 0.25) is 0 Å². The van der Waals surface area contributed by atoms with Gasteiger partial charge in [-0.25, -0.2) is 13.8 Å². The van der Waals surface area contributed by atoms with E-state index in [9.17, 15) is 31.5 Å². The van der Waals surface area contributed by atoms with Crippen LogP contribution >= 0.6 is 11.8 Å². The number of ether oxygens (including phenoxy) is 1. The van der Waals surface area contributed by atoms with E-state index < -0.39 is 47.1 Å². The van der Waals surface area contributed by atoms with Crippen LogP contribution in [0.1, 0.15) is 33.2 Å². The van der Waals surface area contributed by atoms with Crippen molar-refractivity contribution < 1.29 is 36.3 Å². The maximum absolute atomic E-state index is 14.8. The van der Waals surface area contributed by atoms with Crippen molar-refractivity contribution in [1.29, 1.82) is 0 Å². The number of halogens is 5. The molecule has 2 aromatic heterocycles. The van der Waals surface area contributed by atoms with Crippen LogP contribution in [0.15, 0.2) is 35.6 Å². The molecule has 1 saturated heterocycles. The van der Waals surface area contributed by atoms with Crippen molar-refractivity contribution in [3.05, 3.63) is 53.1 Å². The average Bonchev–Trinajstić information content (AvgIpc) is 3.33. The number of fused-ring (bicyclic) bond motifs is 1. The number of rotatable bonds is 7. The van der Waals surface area contributed by atoms with E-state index in [1.54, 1.807) is 14.0 Å². The first-order valence-corrected chi connectivity index (χ1v) is 13.9. The predicted octanol–water partition coefficient (Wildman–Crippen LogP) is 3.94. The van der Waals surface area contributed by atoms with Crippen molar-refractivity contribution in [2.75, 3.05) is 46.2 Å². The predicted molar refractivity (Wildman–Crippen MR) is 152 cm³/mol. The van der Waals surface area contributed by atoms with Crippen LogP contribution in [0.5, 0.6) is 5.75 Å². The zero-order valence-electron chi connectivity index (χ0n) is 23.6. The third-order valence-corrected chi connectivity index (χ3v) is 7.53. The minimum absolute atomic E-state index is 0.0414. The largest absolute Gasteiger partial charge is 0.495 e. The lowest BCUT2D eigenvalue weighted by molar-refractivity contribution is -0.0329. The van der Waals surface area contributed by atoms with Gasteiger partial charge >= 0.3 is 5.51 Å². The van der Waals surface area contributed by atoms with Crippen molar-refractivity contribution in [2.45, 2.75) is 29.7 Å². The van der Waals surface area contributed by atoms with Crippen LogP contribution in [-0.4, -0.2) is 84.7 Å². The molecule has 1 aliphatic heterocycles. The van der Waals surface area contributed by atoms with E-state index in [4.69, 9.17) is 4.74 Å². The van der Waals surface area contributed by atoms with Crippen molar-refractivity contribution in [2.24, 2.45) is 5.92 Å². The fourth-order valence-corrected chi connectivity index (χ4v) is 5.44. The van der Waals surface area contributed by atoms with Crippen LogP contribution in [0, 0.1) is 23.6 Å². The van der Waals surface area contributed by atoms with Gasteiger partial charge in [0.15, 0.2) is 5.65 Å². The first-order valence-electron chi connectivity index (χ1n) is 13.0. The highest BCUT2D eigenvalue weighted by Gasteiger charge is 2.35. The van der Waals surface area contributed by atoms with Gasteiger partial charge in [-0.2, -0.15) is 13.2 Å². The first kappa shape index (κ1) is 31.9. The summed E-state index contributed by atoms with van der Waals surface area (Å²) in [5.41, 5.74) is -4.54. The molecule has 1 aromatic carbocycles. The molecular weight excluding hydrogens is 595 g/mol. The number of carbonyl (C=O) groups excluding carboxylic acids is 2. The number of thioether (sulfide) groups is 1. The van der Waals surface area contributed by atoms with Crippen LogP contribution in [0.3, 0.4) is 0 Å². The summed E-state index contributed by atoms with van der Waals surface area (Å²) in [5.74, 6) is 3.42. The van der Waals surface area contributed by atoms with E-state index in [0.717, 1.165) is 16.7 Å². The van der Waals surface area contributed by atoms with Gasteiger partial charge in [-0.1, -0.05) is 18.8 Å². The SMILES string of the molecule is CNC(=O)c1cc(OC)c(NCC#Cc2cc(C(=O)N[C@@H]3[C@@H](C)CN(C)C[C@@H]3F)c3ncc(SC(F)(F)F)n3c2)cc1F. The third-order valence-electron chi connectivity index (χ3n) is 6.78. The smallest absolute Gasteiger partial charge is 0.447 e. The zero-order chi connectivity index (χ0) is 31.5. The van der Waals surface area contributed by atoms with E-state index in [1.807, 2.05) is 4.90 Å². The Morgan fingerprint density at radius 3 is 2.58 bits per heavy atom. The van der Waals surface area contributed by atoms with Crippen LogP contribution in [0.4, 0.5) is 27.6 Å². The number of anilines is 1. The number of imidazole rings is 1. The van der Waals surface area contributed by atoms with E-state index >= 15 is 0 Å². The Kier molecular flexibility index (Phi) is 9.71. The number of amides is 2. The van der Waals surface area contributed by atoms with Gasteiger partial charge in [0.1, 0.15) is 22.8 Å². The number of hydrogen-bond donors (Lipinski definition) is 3. The van der Waals surface area contributed by atoms with Crippen LogP contribution in [0.2, 0.25) is 0 Å². The minimum Gasteiger partial charge on any atom is -0.495 e. The number of pyridine rings is 1. The molecule has 1 aliphatic rings. The number of piperidine rings is 1. The molecule has 1 fully saturated rings. The number of aromatic nitrogens is 2. The molecule has 0 saturated carbocycles. The lowest BCUT2D eigenvalue weighted by Gasteiger charge is -2.37. The van der Waals surface area contributed by atoms with Gasteiger partial charge in [0.25, 0.3) is 11.8 Å². The van der Waals surface area contributed by atoms with E-state index in [1.165, 1.54) is 32.5 Å². The molecule has 15 heteroatoms. The Morgan fingerprint density at radius 1 is 1.19 bits per heavy atom. The Balaban J connectivity index is 1.63. The van der Waals surface area contributed by atoms with Gasteiger partial charge in [-0.15, -0.1) is 0 Å². The van der Waals surface area contributed by atoms with Gasteiger partial charge < -0.3 is 25.6 Å². The Morgan fingerprint density at radius 2 is 1.93 bits per heavy atom.